The summed E-state index contributed by atoms with van der Waals surface area (Å²) < 4.78 is 44.5. The van der Waals surface area contributed by atoms with Gasteiger partial charge in [0.05, 0.1) is 18.3 Å². The Morgan fingerprint density at radius 3 is 2.71 bits per heavy atom. The third kappa shape index (κ3) is 2.94. The number of benzene rings is 1. The van der Waals surface area contributed by atoms with Crippen LogP contribution in [0.15, 0.2) is 30.5 Å². The number of ether oxygens (including phenoxy) is 1. The molecule has 0 bridgehead atoms. The molecule has 0 spiro atoms. The van der Waals surface area contributed by atoms with E-state index >= 15 is 0 Å². The Hall–Kier alpha value is -1.83. The van der Waals surface area contributed by atoms with E-state index in [1.165, 1.54) is 0 Å². The molecular weight excluding hydrogens is 343 g/mol. The van der Waals surface area contributed by atoms with E-state index in [1.54, 1.807) is 0 Å². The quantitative estimate of drug-likeness (QED) is 0.696. The van der Waals surface area contributed by atoms with E-state index in [2.05, 4.69) is 15.3 Å². The number of nitrogens with one attached hydrogen (secondary N) is 2. The van der Waals surface area contributed by atoms with Gasteiger partial charge < -0.3 is 15.0 Å². The van der Waals surface area contributed by atoms with Crippen LogP contribution in [0.3, 0.4) is 0 Å². The van der Waals surface area contributed by atoms with Crippen molar-refractivity contribution in [2.45, 2.75) is 12.3 Å². The average molecular weight is 358 g/mol. The first-order valence-electron chi connectivity index (χ1n) is 7.33. The van der Waals surface area contributed by atoms with Crippen LogP contribution in [-0.4, -0.2) is 29.7 Å². The lowest BCUT2D eigenvalue weighted by atomic mass is 10.0. The Morgan fingerprint density at radius 1 is 1.17 bits per heavy atom. The van der Waals surface area contributed by atoms with Crippen LogP contribution in [0, 0.1) is 0 Å². The van der Waals surface area contributed by atoms with Crippen molar-refractivity contribution in [2.24, 2.45) is 0 Å². The first-order chi connectivity index (χ1) is 11.0. The minimum atomic E-state index is -4.40. The van der Waals surface area contributed by atoms with Crippen LogP contribution in [0.5, 0.6) is 0 Å². The van der Waals surface area contributed by atoms with E-state index in [0.717, 1.165) is 35.3 Å². The van der Waals surface area contributed by atoms with Crippen molar-refractivity contribution in [3.8, 4) is 0 Å². The smallest absolute Gasteiger partial charge is 0.371 e. The normalized spacial score (nSPS) is 18.7. The van der Waals surface area contributed by atoms with Crippen molar-refractivity contribution in [3.05, 3.63) is 41.6 Å². The molecule has 0 amide bonds. The maximum absolute atomic E-state index is 12.9. The lowest BCUT2D eigenvalue weighted by Crippen LogP contribution is -2.33. The maximum Gasteiger partial charge on any atom is 0.417 e. The highest BCUT2D eigenvalue weighted by Crippen LogP contribution is 2.34. The number of aromatic amines is 1. The fraction of sp³-hybridized carbons (Fsp3) is 0.312. The fourth-order valence-corrected chi connectivity index (χ4v) is 2.93. The minimum absolute atomic E-state index is 0. The van der Waals surface area contributed by atoms with Crippen LogP contribution >= 0.6 is 12.4 Å². The number of rotatable bonds is 1. The molecule has 2 aromatic heterocycles. The number of pyridine rings is 1. The zero-order valence-electron chi connectivity index (χ0n) is 12.5. The van der Waals surface area contributed by atoms with Gasteiger partial charge in [0.1, 0.15) is 5.65 Å². The van der Waals surface area contributed by atoms with Gasteiger partial charge in [-0.25, -0.2) is 4.98 Å². The van der Waals surface area contributed by atoms with Crippen LogP contribution in [0.25, 0.3) is 21.9 Å². The number of H-pyrrole nitrogens is 1. The van der Waals surface area contributed by atoms with E-state index in [4.69, 9.17) is 4.74 Å². The molecule has 1 aliphatic rings. The van der Waals surface area contributed by atoms with Crippen molar-refractivity contribution in [2.75, 3.05) is 19.7 Å². The van der Waals surface area contributed by atoms with E-state index in [9.17, 15) is 13.2 Å². The van der Waals surface area contributed by atoms with Gasteiger partial charge in [-0.1, -0.05) is 6.07 Å². The van der Waals surface area contributed by atoms with Crippen molar-refractivity contribution < 1.29 is 17.9 Å². The second kappa shape index (κ2) is 6.23. The van der Waals surface area contributed by atoms with Gasteiger partial charge in [-0.3, -0.25) is 0 Å². The summed E-state index contributed by atoms with van der Waals surface area (Å²) in [4.78, 5) is 6.96. The topological polar surface area (TPSA) is 49.9 Å². The molecule has 1 fully saturated rings. The number of fused-ring (bicyclic) bond motifs is 3. The highest BCUT2D eigenvalue weighted by Gasteiger charge is 2.31. The first-order valence-corrected chi connectivity index (χ1v) is 7.33. The second-order valence-electron chi connectivity index (χ2n) is 5.61. The van der Waals surface area contributed by atoms with E-state index < -0.39 is 11.7 Å². The third-order valence-electron chi connectivity index (χ3n) is 4.10. The van der Waals surface area contributed by atoms with Gasteiger partial charge in [-0.2, -0.15) is 13.2 Å². The summed E-state index contributed by atoms with van der Waals surface area (Å²) in [6, 6.07) is 6.82. The highest BCUT2D eigenvalue weighted by atomic mass is 35.5. The number of hydrogen-bond donors (Lipinski definition) is 2. The molecule has 1 atom stereocenters. The largest absolute Gasteiger partial charge is 0.417 e. The monoisotopic (exact) mass is 357 g/mol. The fourth-order valence-electron chi connectivity index (χ4n) is 2.93. The summed E-state index contributed by atoms with van der Waals surface area (Å²) in [6.45, 7) is 2.13. The highest BCUT2D eigenvalue weighted by molar-refractivity contribution is 6.06. The molecule has 8 heteroatoms. The molecule has 2 N–H and O–H groups in total. The van der Waals surface area contributed by atoms with E-state index in [-0.39, 0.29) is 18.5 Å². The predicted octanol–water partition coefficient (Wildman–Crippen LogP) is 3.82. The molecule has 0 saturated carbocycles. The molecule has 1 unspecified atom stereocenters. The summed E-state index contributed by atoms with van der Waals surface area (Å²) in [5, 5.41) is 4.45. The predicted molar refractivity (Wildman–Crippen MR) is 87.4 cm³/mol. The van der Waals surface area contributed by atoms with Gasteiger partial charge in [0, 0.05) is 35.6 Å². The molecule has 0 aliphatic carbocycles. The van der Waals surface area contributed by atoms with Crippen LogP contribution in [0.2, 0.25) is 0 Å². The summed E-state index contributed by atoms with van der Waals surface area (Å²) in [5.74, 6) is 0. The van der Waals surface area contributed by atoms with Gasteiger partial charge in [0.2, 0.25) is 0 Å². The third-order valence-corrected chi connectivity index (χ3v) is 4.10. The maximum atomic E-state index is 12.9. The van der Waals surface area contributed by atoms with Crippen molar-refractivity contribution >= 4 is 34.3 Å². The number of hydrogen-bond acceptors (Lipinski definition) is 3. The molecule has 1 aliphatic heterocycles. The zero-order valence-corrected chi connectivity index (χ0v) is 13.3. The molecule has 4 nitrogen and oxygen atoms in total. The van der Waals surface area contributed by atoms with Crippen LogP contribution in [-0.2, 0) is 10.9 Å². The number of morpholine rings is 1. The SMILES string of the molecule is Cl.FC(F)(F)c1cnc2[nH]c3ccc(C4CNCCO4)cc3c2c1. The zero-order chi connectivity index (χ0) is 16.0. The molecular formula is C16H15ClF3N3O. The molecule has 1 saturated heterocycles. The average Bonchev–Trinajstić information content (AvgIpc) is 2.92. The van der Waals surface area contributed by atoms with Gasteiger partial charge in [-0.15, -0.1) is 12.4 Å². The Morgan fingerprint density at radius 2 is 2.00 bits per heavy atom. The Labute approximate surface area is 141 Å². The first kappa shape index (κ1) is 17.0. The lowest BCUT2D eigenvalue weighted by molar-refractivity contribution is -0.137. The number of halogens is 4. The number of alkyl halides is 3. The van der Waals surface area contributed by atoms with Gasteiger partial charge >= 0.3 is 6.18 Å². The standard InChI is InChI=1S/C16H14F3N3O.ClH/c17-16(18,19)10-6-12-11-5-9(14-8-20-3-4-23-14)1-2-13(11)22-15(12)21-7-10;/h1-2,5-7,14,20H,3-4,8H2,(H,21,22);1H. The van der Waals surface area contributed by atoms with Crippen molar-refractivity contribution in [1.29, 1.82) is 0 Å². The summed E-state index contributed by atoms with van der Waals surface area (Å²) in [7, 11) is 0. The van der Waals surface area contributed by atoms with Gasteiger partial charge in [-0.05, 0) is 23.8 Å². The van der Waals surface area contributed by atoms with Crippen LogP contribution in [0.4, 0.5) is 13.2 Å². The van der Waals surface area contributed by atoms with E-state index in [1.807, 2.05) is 18.2 Å². The molecule has 128 valence electrons. The molecule has 0 radical (unpaired) electrons. The van der Waals surface area contributed by atoms with Crippen molar-refractivity contribution in [1.82, 2.24) is 15.3 Å². The summed E-state index contributed by atoms with van der Waals surface area (Å²) in [5.41, 5.74) is 1.42. The molecule has 4 rings (SSSR count). The molecule has 1 aromatic carbocycles. The Kier molecular flexibility index (Phi) is 4.42. The molecule has 3 aromatic rings. The van der Waals surface area contributed by atoms with Crippen LogP contribution in [0.1, 0.15) is 17.2 Å². The Bertz CT molecular complexity index is 872. The Balaban J connectivity index is 0.00000169. The second-order valence-corrected chi connectivity index (χ2v) is 5.61. The van der Waals surface area contributed by atoms with Gasteiger partial charge in [0.25, 0.3) is 0 Å². The summed E-state index contributed by atoms with van der Waals surface area (Å²) in [6.07, 6.45) is -3.64. The van der Waals surface area contributed by atoms with Gasteiger partial charge in [0.15, 0.2) is 0 Å². The lowest BCUT2D eigenvalue weighted by Gasteiger charge is -2.24. The molecule has 3 heterocycles. The number of aromatic nitrogens is 2. The summed E-state index contributed by atoms with van der Waals surface area (Å²) >= 11 is 0. The van der Waals surface area contributed by atoms with Crippen LogP contribution < -0.4 is 5.32 Å². The van der Waals surface area contributed by atoms with E-state index in [0.29, 0.717) is 24.2 Å². The minimum Gasteiger partial charge on any atom is -0.371 e. The number of nitrogens with zero attached hydrogens (tertiary/aromatic N) is 1. The van der Waals surface area contributed by atoms with Crippen molar-refractivity contribution in [3.63, 3.8) is 0 Å². The molecule has 24 heavy (non-hydrogen) atoms.